The molecule has 10 heteroatoms. The summed E-state index contributed by atoms with van der Waals surface area (Å²) < 4.78 is 28.3. The Bertz CT molecular complexity index is 1640. The van der Waals surface area contributed by atoms with E-state index >= 15 is 0 Å². The van der Waals surface area contributed by atoms with Gasteiger partial charge in [0.05, 0.1) is 21.2 Å². The Kier molecular flexibility index (Phi) is 6.18. The first-order valence-corrected chi connectivity index (χ1v) is 14.3. The van der Waals surface area contributed by atoms with Crippen LogP contribution in [-0.4, -0.2) is 23.1 Å². The molecule has 4 aromatic carbocycles. The van der Waals surface area contributed by atoms with E-state index in [1.54, 1.807) is 46.2 Å². The summed E-state index contributed by atoms with van der Waals surface area (Å²) in [5.41, 5.74) is 1.51. The molecule has 2 N–H and O–H groups in total. The van der Waals surface area contributed by atoms with Crippen molar-refractivity contribution >= 4 is 57.8 Å². The fourth-order valence-corrected chi connectivity index (χ4v) is 6.90. The molecular weight excluding hydrogens is 581 g/mol. The van der Waals surface area contributed by atoms with E-state index in [0.717, 1.165) is 0 Å². The summed E-state index contributed by atoms with van der Waals surface area (Å²) in [4.78, 5) is 31.4. The van der Waals surface area contributed by atoms with Gasteiger partial charge in [-0.05, 0) is 86.3 Å². The quantitative estimate of drug-likeness (QED) is 0.243. The van der Waals surface area contributed by atoms with Gasteiger partial charge in [0.1, 0.15) is 23.0 Å². The van der Waals surface area contributed by atoms with Gasteiger partial charge in [-0.1, -0.05) is 47.5 Å². The van der Waals surface area contributed by atoms with Crippen LogP contribution in [0.15, 0.2) is 84.9 Å². The molecule has 0 bridgehead atoms. The van der Waals surface area contributed by atoms with Crippen LogP contribution >= 0.6 is 23.2 Å². The van der Waals surface area contributed by atoms with E-state index < -0.39 is 23.0 Å². The lowest BCUT2D eigenvalue weighted by molar-refractivity contribution is 0.0877. The summed E-state index contributed by atoms with van der Waals surface area (Å²) in [5, 5.41) is 7.06. The Morgan fingerprint density at radius 2 is 0.976 bits per heavy atom. The van der Waals surface area contributed by atoms with E-state index in [0.29, 0.717) is 59.6 Å². The van der Waals surface area contributed by atoms with Crippen LogP contribution in [0.5, 0.6) is 0 Å². The van der Waals surface area contributed by atoms with Gasteiger partial charge in [-0.2, -0.15) is 0 Å². The molecule has 2 heterocycles. The fraction of sp³-hybridized carbons (Fsp3) is 0.188. The number of halogens is 4. The van der Waals surface area contributed by atoms with Crippen LogP contribution in [0.1, 0.15) is 46.4 Å². The van der Waals surface area contributed by atoms with Crippen molar-refractivity contribution < 1.29 is 18.4 Å². The molecule has 0 atom stereocenters. The molecule has 6 nitrogen and oxygen atoms in total. The maximum atomic E-state index is 14.2. The number of hydrogen-bond donors (Lipinski definition) is 2. The zero-order valence-corrected chi connectivity index (χ0v) is 23.6. The number of amides is 2. The number of hydrogen-bond acceptors (Lipinski definition) is 4. The van der Waals surface area contributed by atoms with Gasteiger partial charge >= 0.3 is 0 Å². The third-order valence-corrected chi connectivity index (χ3v) is 9.12. The highest BCUT2D eigenvalue weighted by Gasteiger charge is 2.55. The van der Waals surface area contributed by atoms with Crippen molar-refractivity contribution in [2.45, 2.75) is 37.0 Å². The minimum absolute atomic E-state index is 0.0860. The Morgan fingerprint density at radius 1 is 0.595 bits per heavy atom. The molecule has 2 aliphatic heterocycles. The molecule has 0 unspecified atom stereocenters. The van der Waals surface area contributed by atoms with Crippen molar-refractivity contribution in [2.75, 3.05) is 20.4 Å². The minimum Gasteiger partial charge on any atom is -0.362 e. The van der Waals surface area contributed by atoms with Crippen molar-refractivity contribution in [3.05, 3.63) is 118 Å². The molecule has 1 aliphatic carbocycles. The lowest BCUT2D eigenvalue weighted by Crippen LogP contribution is -2.69. The summed E-state index contributed by atoms with van der Waals surface area (Å²) in [6.07, 6.45) is 1.65. The highest BCUT2D eigenvalue weighted by atomic mass is 35.5. The highest BCUT2D eigenvalue weighted by Crippen LogP contribution is 2.50. The number of fused-ring (bicyclic) bond motifs is 2. The zero-order valence-electron chi connectivity index (χ0n) is 22.1. The van der Waals surface area contributed by atoms with Crippen molar-refractivity contribution in [1.82, 2.24) is 0 Å². The highest BCUT2D eigenvalue weighted by molar-refractivity contribution is 6.31. The van der Waals surface area contributed by atoms with Crippen LogP contribution < -0.4 is 20.4 Å². The van der Waals surface area contributed by atoms with Gasteiger partial charge in [-0.25, -0.2) is 8.78 Å². The molecule has 0 radical (unpaired) electrons. The second kappa shape index (κ2) is 9.71. The monoisotopic (exact) mass is 604 g/mol. The average molecular weight is 605 g/mol. The largest absolute Gasteiger partial charge is 0.362 e. The molecule has 0 aromatic heterocycles. The van der Waals surface area contributed by atoms with Gasteiger partial charge in [-0.15, -0.1) is 0 Å². The zero-order chi connectivity index (χ0) is 29.2. The first-order valence-electron chi connectivity index (χ1n) is 13.6. The van der Waals surface area contributed by atoms with Gasteiger partial charge < -0.3 is 10.6 Å². The van der Waals surface area contributed by atoms with Gasteiger partial charge in [-0.3, -0.25) is 19.4 Å². The van der Waals surface area contributed by atoms with Crippen molar-refractivity contribution in [2.24, 2.45) is 0 Å². The molecular formula is C32H24Cl2F2N4O2. The third-order valence-electron chi connectivity index (χ3n) is 8.54. The second-order valence-corrected chi connectivity index (χ2v) is 11.7. The number of anilines is 4. The van der Waals surface area contributed by atoms with Crippen LogP contribution in [0.25, 0.3) is 0 Å². The summed E-state index contributed by atoms with van der Waals surface area (Å²) >= 11 is 12.3. The smallest absolute Gasteiger partial charge is 0.262 e. The number of carbonyl (C=O) groups is 2. The van der Waals surface area contributed by atoms with Crippen molar-refractivity contribution in [3.63, 3.8) is 0 Å². The van der Waals surface area contributed by atoms with Gasteiger partial charge in [0.2, 0.25) is 0 Å². The van der Waals surface area contributed by atoms with E-state index in [1.165, 1.54) is 24.3 Å². The Hall–Kier alpha value is -4.14. The second-order valence-electron chi connectivity index (χ2n) is 10.9. The van der Waals surface area contributed by atoms with E-state index in [4.69, 9.17) is 23.2 Å². The topological polar surface area (TPSA) is 64.7 Å². The molecule has 2 amide bonds. The Labute approximate surface area is 250 Å². The normalized spacial score (nSPS) is 23.0. The molecule has 212 valence electrons. The summed E-state index contributed by atoms with van der Waals surface area (Å²) in [6.45, 7) is 0. The van der Waals surface area contributed by atoms with Gasteiger partial charge in [0, 0.05) is 22.7 Å². The van der Waals surface area contributed by atoms with Gasteiger partial charge in [0.25, 0.3) is 11.8 Å². The lowest BCUT2D eigenvalue weighted by atomic mass is 9.76. The minimum atomic E-state index is -0.897. The SMILES string of the molecule is O=C1c2ccccc2NC2(CCC3(CC2)Nc2ccccc2C(=O)N3c2ccc(F)c(Cl)c2)N1c1ccc(F)c(Cl)c1. The number of nitrogens with zero attached hydrogens (tertiary/aromatic N) is 2. The van der Waals surface area contributed by atoms with E-state index in [9.17, 15) is 18.4 Å². The Balaban J connectivity index is 1.33. The van der Waals surface area contributed by atoms with E-state index in [-0.39, 0.29) is 21.9 Å². The van der Waals surface area contributed by atoms with Crippen molar-refractivity contribution in [3.8, 4) is 0 Å². The summed E-state index contributed by atoms with van der Waals surface area (Å²) in [5.74, 6) is -1.62. The van der Waals surface area contributed by atoms with Crippen LogP contribution in [0, 0.1) is 11.6 Å². The summed E-state index contributed by atoms with van der Waals surface area (Å²) in [7, 11) is 0. The lowest BCUT2D eigenvalue weighted by Gasteiger charge is -2.57. The Morgan fingerprint density at radius 3 is 1.36 bits per heavy atom. The molecule has 2 spiro atoms. The van der Waals surface area contributed by atoms with E-state index in [2.05, 4.69) is 10.6 Å². The van der Waals surface area contributed by atoms with Crippen LogP contribution in [-0.2, 0) is 0 Å². The fourth-order valence-electron chi connectivity index (χ4n) is 6.55. The third kappa shape index (κ3) is 4.04. The first kappa shape index (κ1) is 26.7. The maximum absolute atomic E-state index is 14.2. The number of benzene rings is 4. The predicted octanol–water partition coefficient (Wildman–Crippen LogP) is 8.08. The van der Waals surface area contributed by atoms with Crippen molar-refractivity contribution in [1.29, 1.82) is 0 Å². The molecule has 7 rings (SSSR count). The molecule has 0 saturated heterocycles. The number of carbonyl (C=O) groups excluding carboxylic acids is 2. The molecule has 42 heavy (non-hydrogen) atoms. The summed E-state index contributed by atoms with van der Waals surface area (Å²) in [6, 6.07) is 23.0. The average Bonchev–Trinajstić information content (AvgIpc) is 2.98. The number of nitrogens with one attached hydrogen (secondary N) is 2. The number of rotatable bonds is 2. The molecule has 4 aromatic rings. The van der Waals surface area contributed by atoms with Crippen LogP contribution in [0.3, 0.4) is 0 Å². The standard InChI is InChI=1S/C32H24Cl2F2N4O2/c33-23-17-19(9-11-25(23)35)39-29(41)21-5-1-3-7-27(21)37-31(39)13-15-32(16-14-31)38-28-8-4-2-6-22(28)30(42)40(32)20-10-12-26(36)24(34)18-20/h1-12,17-18,37-38H,13-16H2. The molecule has 1 saturated carbocycles. The number of para-hydroxylation sites is 2. The van der Waals surface area contributed by atoms with E-state index in [1.807, 2.05) is 24.3 Å². The maximum Gasteiger partial charge on any atom is 0.262 e. The first-order chi connectivity index (χ1) is 20.2. The molecule has 3 aliphatic rings. The van der Waals surface area contributed by atoms with Crippen LogP contribution in [0.4, 0.5) is 31.5 Å². The molecule has 1 fully saturated rings. The predicted molar refractivity (Wildman–Crippen MR) is 160 cm³/mol. The van der Waals surface area contributed by atoms with Crippen LogP contribution in [0.2, 0.25) is 10.0 Å². The van der Waals surface area contributed by atoms with Gasteiger partial charge in [0.15, 0.2) is 0 Å².